The van der Waals surface area contributed by atoms with Crippen molar-refractivity contribution in [1.82, 2.24) is 0 Å². The summed E-state index contributed by atoms with van der Waals surface area (Å²) in [6.45, 7) is 7.04. The topological polar surface area (TPSA) is 125 Å². The molecule has 0 bridgehead atoms. The first-order valence-electron chi connectivity index (χ1n) is 14.4. The molecule has 0 aliphatic carbocycles. The molecule has 0 aromatic rings. The van der Waals surface area contributed by atoms with Gasteiger partial charge in [0, 0.05) is 0 Å². The van der Waals surface area contributed by atoms with Crippen LogP contribution in [0, 0.1) is 0 Å². The number of alkyl halides is 27. The van der Waals surface area contributed by atoms with E-state index in [9.17, 15) is 134 Å². The van der Waals surface area contributed by atoms with Gasteiger partial charge in [0.1, 0.15) is 0 Å². The monoisotopic (exact) mass is 1070 g/mol. The van der Waals surface area contributed by atoms with Crippen molar-refractivity contribution >= 4 is 0 Å². The van der Waals surface area contributed by atoms with Gasteiger partial charge >= 0.3 is 124 Å². The molecular formula is C24H24CoF27KO9. The van der Waals surface area contributed by atoms with Crippen LogP contribution in [0.15, 0.2) is 0 Å². The Kier molecular flexibility index (Phi) is 30.9. The van der Waals surface area contributed by atoms with Gasteiger partial charge in [0.05, 0.1) is 79.3 Å². The Morgan fingerprint density at radius 2 is 0.274 bits per heavy atom. The van der Waals surface area contributed by atoms with E-state index in [0.717, 1.165) is 0 Å². The molecule has 1 radical (unpaired) electrons. The summed E-state index contributed by atoms with van der Waals surface area (Å²) >= 11 is 0. The average Bonchev–Trinajstić information content (AvgIpc) is 3.00. The Morgan fingerprint density at radius 1 is 0.210 bits per heavy atom. The molecule has 1 saturated heterocycles. The molecule has 0 aromatic carbocycles. The molecule has 373 valence electrons. The minimum Gasteiger partial charge on any atom is -0.830 e. The third-order valence-corrected chi connectivity index (χ3v) is 5.82. The predicted octanol–water partition coefficient (Wildman–Crippen LogP) is 2.42. The van der Waals surface area contributed by atoms with E-state index in [0.29, 0.717) is 79.3 Å². The Bertz CT molecular complexity index is 882. The van der Waals surface area contributed by atoms with E-state index in [-0.39, 0.29) is 68.2 Å². The molecule has 1 rings (SSSR count). The normalized spacial score (nSPS) is 17.7. The quantitative estimate of drug-likeness (QED) is 0.266. The summed E-state index contributed by atoms with van der Waals surface area (Å²) in [4.78, 5) is 0. The zero-order valence-electron chi connectivity index (χ0n) is 29.7. The van der Waals surface area contributed by atoms with Gasteiger partial charge in [0.2, 0.25) is 0 Å². The Morgan fingerprint density at radius 3 is 0.306 bits per heavy atom. The van der Waals surface area contributed by atoms with E-state index in [4.69, 9.17) is 28.4 Å². The molecule has 1 aliphatic rings. The Balaban J connectivity index is -0.000000232. The van der Waals surface area contributed by atoms with Crippen LogP contribution in [0.1, 0.15) is 0 Å². The first-order valence-corrected chi connectivity index (χ1v) is 14.4. The third-order valence-electron chi connectivity index (χ3n) is 5.82. The van der Waals surface area contributed by atoms with Crippen LogP contribution in [0.4, 0.5) is 119 Å². The van der Waals surface area contributed by atoms with Gasteiger partial charge < -0.3 is 43.7 Å². The largest absolute Gasteiger partial charge is 2.00 e. The van der Waals surface area contributed by atoms with E-state index in [1.54, 1.807) is 0 Å². The summed E-state index contributed by atoms with van der Waals surface area (Å²) in [6.07, 6.45) is -62.8. The summed E-state index contributed by atoms with van der Waals surface area (Å²) in [6, 6.07) is 0. The summed E-state index contributed by atoms with van der Waals surface area (Å²) in [5.74, 6) is 0. The van der Waals surface area contributed by atoms with Crippen molar-refractivity contribution < 1.29 is 230 Å². The van der Waals surface area contributed by atoms with Crippen molar-refractivity contribution in [3.8, 4) is 0 Å². The first-order chi connectivity index (χ1) is 26.2. The number of halogens is 27. The fraction of sp³-hybridized carbons (Fsp3) is 1.00. The van der Waals surface area contributed by atoms with Crippen LogP contribution in [0.5, 0.6) is 0 Å². The van der Waals surface area contributed by atoms with Gasteiger partial charge in [0.15, 0.2) is 16.8 Å². The molecule has 0 amide bonds. The van der Waals surface area contributed by atoms with Crippen LogP contribution in [0.25, 0.3) is 0 Å². The number of ether oxygens (including phenoxy) is 6. The van der Waals surface area contributed by atoms with Crippen molar-refractivity contribution in [2.24, 2.45) is 0 Å². The van der Waals surface area contributed by atoms with Crippen molar-refractivity contribution in [3.63, 3.8) is 0 Å². The standard InChI is InChI=1S/C12H24O6.3C4F9O.Co.K/c1-2-14-5-6-16-9-10-18-12-11-17-8-7-15-4-3-13-1;3*5-2(6,7)1(14,3(8,9)10)4(11,12)13;;/h1-12H2;;;;;/q;3*-1;+2;+1. The molecule has 9 nitrogen and oxygen atoms in total. The minimum absolute atomic E-state index is 0. The molecule has 38 heteroatoms. The van der Waals surface area contributed by atoms with Crippen molar-refractivity contribution in [1.29, 1.82) is 0 Å². The van der Waals surface area contributed by atoms with Crippen LogP contribution in [-0.2, 0) is 45.2 Å². The second-order valence-electron chi connectivity index (χ2n) is 10.2. The third kappa shape index (κ3) is 21.2. The summed E-state index contributed by atoms with van der Waals surface area (Å²) in [7, 11) is 0. The molecule has 1 aliphatic heterocycles. The molecule has 0 atom stereocenters. The fourth-order valence-corrected chi connectivity index (χ4v) is 2.77. The van der Waals surface area contributed by atoms with Gasteiger partial charge in [-0.15, -0.1) is 0 Å². The van der Waals surface area contributed by atoms with Crippen molar-refractivity contribution in [3.05, 3.63) is 0 Å². The minimum atomic E-state index is -6.98. The van der Waals surface area contributed by atoms with Crippen molar-refractivity contribution in [2.75, 3.05) is 79.3 Å². The average molecular weight is 1070 g/mol. The zero-order valence-corrected chi connectivity index (χ0v) is 33.9. The van der Waals surface area contributed by atoms with Gasteiger partial charge in [-0.1, -0.05) is 0 Å². The summed E-state index contributed by atoms with van der Waals surface area (Å²) < 4.78 is 338. The van der Waals surface area contributed by atoms with Crippen LogP contribution in [0.3, 0.4) is 0 Å². The molecule has 0 N–H and O–H groups in total. The summed E-state index contributed by atoms with van der Waals surface area (Å²) in [5.41, 5.74) is -20.8. The Labute approximate surface area is 380 Å². The maximum atomic E-state index is 11.3. The zero-order chi connectivity index (χ0) is 48.7. The van der Waals surface area contributed by atoms with Crippen LogP contribution in [-0.4, -0.2) is 152 Å². The van der Waals surface area contributed by atoms with Gasteiger partial charge in [-0.2, -0.15) is 119 Å². The SMILES string of the molecule is C1COCCOCCOCCOCCOCCO1.[Co+2].[K+].[O-]C(C(F)(F)F)(C(F)(F)F)C(F)(F)F.[O-]C(C(F)(F)F)(C(F)(F)F)C(F)(F)F.[O-]C(C(F)(F)F)(C(F)(F)F)C(F)(F)F. The second kappa shape index (κ2) is 27.0. The van der Waals surface area contributed by atoms with E-state index >= 15 is 0 Å². The van der Waals surface area contributed by atoms with Gasteiger partial charge in [0.25, 0.3) is 0 Å². The molecule has 0 aromatic heterocycles. The van der Waals surface area contributed by atoms with Crippen LogP contribution >= 0.6 is 0 Å². The molecular weight excluding hydrogens is 1040 g/mol. The molecule has 0 spiro atoms. The number of hydrogen-bond donors (Lipinski definition) is 0. The predicted molar refractivity (Wildman–Crippen MR) is 128 cm³/mol. The van der Waals surface area contributed by atoms with E-state index in [1.165, 1.54) is 0 Å². The Hall–Kier alpha value is -0.107. The van der Waals surface area contributed by atoms with Crippen molar-refractivity contribution in [2.45, 2.75) is 72.4 Å². The molecule has 1 heterocycles. The fourth-order valence-electron chi connectivity index (χ4n) is 2.77. The van der Waals surface area contributed by atoms with E-state index < -0.39 is 72.4 Å². The molecule has 62 heavy (non-hydrogen) atoms. The number of rotatable bonds is 0. The summed E-state index contributed by atoms with van der Waals surface area (Å²) in [5, 5.41) is 29.4. The number of hydrogen-bond acceptors (Lipinski definition) is 9. The molecule has 0 unspecified atom stereocenters. The van der Waals surface area contributed by atoms with E-state index in [1.807, 2.05) is 0 Å². The molecule has 0 saturated carbocycles. The maximum Gasteiger partial charge on any atom is 2.00 e. The molecule has 1 fully saturated rings. The first kappa shape index (κ1) is 70.9. The van der Waals surface area contributed by atoms with E-state index in [2.05, 4.69) is 0 Å². The second-order valence-corrected chi connectivity index (χ2v) is 10.2. The maximum absolute atomic E-state index is 11.3. The smallest absolute Gasteiger partial charge is 0.830 e. The van der Waals surface area contributed by atoms with Crippen LogP contribution < -0.4 is 66.7 Å². The van der Waals surface area contributed by atoms with Gasteiger partial charge in [-0.3, -0.25) is 0 Å². The van der Waals surface area contributed by atoms with Gasteiger partial charge in [-0.25, -0.2) is 0 Å². The van der Waals surface area contributed by atoms with Crippen LogP contribution in [0.2, 0.25) is 0 Å². The van der Waals surface area contributed by atoms with Gasteiger partial charge in [-0.05, 0) is 0 Å².